The second-order valence-corrected chi connectivity index (χ2v) is 4.26. The van der Waals surface area contributed by atoms with Gasteiger partial charge in [-0.1, -0.05) is 0 Å². The zero-order valence-corrected chi connectivity index (χ0v) is 11.8. The van der Waals surface area contributed by atoms with Crippen LogP contribution in [0, 0.1) is 11.3 Å². The maximum Gasteiger partial charge on any atom is 0.133 e. The number of hydrogen-bond donors (Lipinski definition) is 1. The van der Waals surface area contributed by atoms with Crippen LogP contribution in [-0.2, 0) is 6.61 Å². The molecule has 2 aromatic rings. The molecule has 0 amide bonds. The quantitative estimate of drug-likeness (QED) is 0.914. The topological polar surface area (TPSA) is 71.7 Å². The van der Waals surface area contributed by atoms with Crippen molar-refractivity contribution >= 4 is 0 Å². The predicted octanol–water partition coefficient (Wildman–Crippen LogP) is 2.86. The summed E-state index contributed by atoms with van der Waals surface area (Å²) < 4.78 is 16.1. The Hall–Kier alpha value is -2.87. The van der Waals surface area contributed by atoms with E-state index in [0.29, 0.717) is 17.2 Å². The first kappa shape index (κ1) is 14.5. The van der Waals surface area contributed by atoms with Crippen molar-refractivity contribution in [1.82, 2.24) is 0 Å². The molecule has 0 aliphatic carbocycles. The Kier molecular flexibility index (Phi) is 4.52. The summed E-state index contributed by atoms with van der Waals surface area (Å²) in [5, 5.41) is 18.3. The van der Waals surface area contributed by atoms with Gasteiger partial charge in [-0.25, -0.2) is 0 Å². The minimum atomic E-state index is -0.0659. The van der Waals surface area contributed by atoms with E-state index in [9.17, 15) is 5.11 Å². The molecular weight excluding hydrogens is 270 g/mol. The van der Waals surface area contributed by atoms with Gasteiger partial charge in [0.05, 0.1) is 19.8 Å². The molecule has 1 N–H and O–H groups in total. The van der Waals surface area contributed by atoms with Gasteiger partial charge in [-0.3, -0.25) is 0 Å². The van der Waals surface area contributed by atoms with Gasteiger partial charge in [-0.05, 0) is 30.3 Å². The molecule has 0 bridgehead atoms. The third kappa shape index (κ3) is 3.37. The Labute approximate surface area is 122 Å². The average Bonchev–Trinajstić information content (AvgIpc) is 2.53. The van der Waals surface area contributed by atoms with Crippen molar-refractivity contribution < 1.29 is 19.3 Å². The van der Waals surface area contributed by atoms with Crippen LogP contribution < -0.4 is 14.2 Å². The first-order valence-electron chi connectivity index (χ1n) is 6.24. The van der Waals surface area contributed by atoms with Crippen molar-refractivity contribution in [3.63, 3.8) is 0 Å². The van der Waals surface area contributed by atoms with E-state index in [-0.39, 0.29) is 17.9 Å². The van der Waals surface area contributed by atoms with Gasteiger partial charge in [0, 0.05) is 11.6 Å². The molecule has 0 heterocycles. The summed E-state index contributed by atoms with van der Waals surface area (Å²) in [5.74, 6) is 1.82. The van der Waals surface area contributed by atoms with Crippen LogP contribution in [0.15, 0.2) is 36.4 Å². The van der Waals surface area contributed by atoms with E-state index in [1.165, 1.54) is 12.1 Å². The van der Waals surface area contributed by atoms with Crippen LogP contribution in [-0.4, -0.2) is 19.3 Å². The lowest BCUT2D eigenvalue weighted by Crippen LogP contribution is -1.99. The molecule has 0 saturated heterocycles. The first-order chi connectivity index (χ1) is 10.2. The second-order valence-electron chi connectivity index (χ2n) is 4.26. The standard InChI is InChI=1S/C16H15NO4/c1-19-13-4-6-16(20-2)12(8-13)10-21-14-3-5-15(18)11(7-14)9-17/h3-8,18H,10H2,1-2H3. The largest absolute Gasteiger partial charge is 0.507 e. The molecule has 0 saturated carbocycles. The lowest BCUT2D eigenvalue weighted by atomic mass is 10.2. The Morgan fingerprint density at radius 3 is 2.48 bits per heavy atom. The van der Waals surface area contributed by atoms with E-state index in [0.717, 1.165) is 5.56 Å². The number of hydrogen-bond acceptors (Lipinski definition) is 5. The third-order valence-electron chi connectivity index (χ3n) is 2.97. The Bertz CT molecular complexity index is 676. The molecular formula is C16H15NO4. The van der Waals surface area contributed by atoms with E-state index in [1.807, 2.05) is 12.1 Å². The zero-order valence-electron chi connectivity index (χ0n) is 11.8. The highest BCUT2D eigenvalue weighted by Crippen LogP contribution is 2.27. The number of benzene rings is 2. The van der Waals surface area contributed by atoms with E-state index < -0.39 is 0 Å². The molecule has 0 aliphatic heterocycles. The van der Waals surface area contributed by atoms with Gasteiger partial charge in [-0.2, -0.15) is 5.26 Å². The lowest BCUT2D eigenvalue weighted by molar-refractivity contribution is 0.295. The van der Waals surface area contributed by atoms with Crippen LogP contribution in [0.2, 0.25) is 0 Å². The third-order valence-corrected chi connectivity index (χ3v) is 2.97. The van der Waals surface area contributed by atoms with Crippen LogP contribution in [0.3, 0.4) is 0 Å². The first-order valence-corrected chi connectivity index (χ1v) is 6.24. The highest BCUT2D eigenvalue weighted by atomic mass is 16.5. The Morgan fingerprint density at radius 2 is 1.81 bits per heavy atom. The van der Waals surface area contributed by atoms with Crippen molar-refractivity contribution in [2.75, 3.05) is 14.2 Å². The van der Waals surface area contributed by atoms with Gasteiger partial charge < -0.3 is 19.3 Å². The smallest absolute Gasteiger partial charge is 0.133 e. The summed E-state index contributed by atoms with van der Waals surface area (Å²) in [6.45, 7) is 0.260. The summed E-state index contributed by atoms with van der Waals surface area (Å²) in [7, 11) is 3.17. The molecule has 0 atom stereocenters. The maximum absolute atomic E-state index is 9.46. The molecule has 0 aromatic heterocycles. The number of phenolic OH excluding ortho intramolecular Hbond substituents is 1. The van der Waals surface area contributed by atoms with Crippen LogP contribution in [0.25, 0.3) is 0 Å². The minimum Gasteiger partial charge on any atom is -0.507 e. The molecule has 0 unspecified atom stereocenters. The summed E-state index contributed by atoms with van der Waals surface area (Å²) in [6.07, 6.45) is 0. The average molecular weight is 285 g/mol. The summed E-state index contributed by atoms with van der Waals surface area (Å²) in [4.78, 5) is 0. The van der Waals surface area contributed by atoms with Gasteiger partial charge in [0.1, 0.15) is 35.7 Å². The molecule has 0 radical (unpaired) electrons. The molecule has 21 heavy (non-hydrogen) atoms. The van der Waals surface area contributed by atoms with E-state index in [4.69, 9.17) is 19.5 Å². The van der Waals surface area contributed by atoms with Crippen molar-refractivity contribution in [3.8, 4) is 29.1 Å². The van der Waals surface area contributed by atoms with E-state index in [2.05, 4.69) is 0 Å². The number of phenols is 1. The van der Waals surface area contributed by atoms with Crippen molar-refractivity contribution in [2.24, 2.45) is 0 Å². The van der Waals surface area contributed by atoms with Crippen LogP contribution >= 0.6 is 0 Å². The SMILES string of the molecule is COc1ccc(OC)c(COc2ccc(O)c(C#N)c2)c1. The van der Waals surface area contributed by atoms with Crippen molar-refractivity contribution in [3.05, 3.63) is 47.5 Å². The highest BCUT2D eigenvalue weighted by Gasteiger charge is 2.07. The number of rotatable bonds is 5. The summed E-state index contributed by atoms with van der Waals surface area (Å²) in [5.41, 5.74) is 0.994. The van der Waals surface area contributed by atoms with Crippen molar-refractivity contribution in [2.45, 2.75) is 6.61 Å². The molecule has 0 spiro atoms. The molecule has 5 heteroatoms. The normalized spacial score (nSPS) is 9.76. The highest BCUT2D eigenvalue weighted by molar-refractivity contribution is 5.47. The number of aromatic hydroxyl groups is 1. The Morgan fingerprint density at radius 1 is 1.05 bits per heavy atom. The second kappa shape index (κ2) is 6.53. The number of nitriles is 1. The van der Waals surface area contributed by atoms with Gasteiger partial charge >= 0.3 is 0 Å². The fourth-order valence-electron chi connectivity index (χ4n) is 1.85. The van der Waals surface area contributed by atoms with E-state index in [1.54, 1.807) is 32.4 Å². The number of ether oxygens (including phenoxy) is 3. The molecule has 2 rings (SSSR count). The number of methoxy groups -OCH3 is 2. The van der Waals surface area contributed by atoms with Crippen LogP contribution in [0.1, 0.15) is 11.1 Å². The van der Waals surface area contributed by atoms with Gasteiger partial charge in [-0.15, -0.1) is 0 Å². The maximum atomic E-state index is 9.46. The number of nitrogens with zero attached hydrogens (tertiary/aromatic N) is 1. The van der Waals surface area contributed by atoms with E-state index >= 15 is 0 Å². The monoisotopic (exact) mass is 285 g/mol. The fourth-order valence-corrected chi connectivity index (χ4v) is 1.85. The van der Waals surface area contributed by atoms with Gasteiger partial charge in [0.2, 0.25) is 0 Å². The molecule has 2 aromatic carbocycles. The Balaban J connectivity index is 2.18. The van der Waals surface area contributed by atoms with Gasteiger partial charge in [0.15, 0.2) is 0 Å². The van der Waals surface area contributed by atoms with Gasteiger partial charge in [0.25, 0.3) is 0 Å². The zero-order chi connectivity index (χ0) is 15.2. The lowest BCUT2D eigenvalue weighted by Gasteiger charge is -2.12. The molecule has 0 fully saturated rings. The molecule has 0 aliphatic rings. The molecule has 5 nitrogen and oxygen atoms in total. The summed E-state index contributed by atoms with van der Waals surface area (Å²) >= 11 is 0. The van der Waals surface area contributed by atoms with Crippen LogP contribution in [0.5, 0.6) is 23.0 Å². The van der Waals surface area contributed by atoms with Crippen molar-refractivity contribution in [1.29, 1.82) is 5.26 Å². The minimum absolute atomic E-state index is 0.0659. The fraction of sp³-hybridized carbons (Fsp3) is 0.188. The summed E-state index contributed by atoms with van der Waals surface area (Å²) in [6, 6.07) is 11.8. The molecule has 108 valence electrons. The van der Waals surface area contributed by atoms with Crippen LogP contribution in [0.4, 0.5) is 0 Å². The predicted molar refractivity (Wildman–Crippen MR) is 76.7 cm³/mol.